The fourth-order valence-corrected chi connectivity index (χ4v) is 4.82. The highest BCUT2D eigenvalue weighted by Gasteiger charge is 2.44. The van der Waals surface area contributed by atoms with Crippen LogP contribution < -0.4 is 15.4 Å². The lowest BCUT2D eigenvalue weighted by molar-refractivity contribution is -0.151. The molecule has 0 radical (unpaired) electrons. The van der Waals surface area contributed by atoms with Crippen molar-refractivity contribution >= 4 is 27.7 Å². The summed E-state index contributed by atoms with van der Waals surface area (Å²) in [6.45, 7) is 11.2. The molecule has 0 saturated carbocycles. The third kappa shape index (κ3) is 7.76. The summed E-state index contributed by atoms with van der Waals surface area (Å²) in [5, 5.41) is 25.1. The quantitative estimate of drug-likeness (QED) is 0.351. The number of benzene rings is 2. The van der Waals surface area contributed by atoms with E-state index < -0.39 is 45.0 Å². The van der Waals surface area contributed by atoms with E-state index in [4.69, 9.17) is 4.74 Å². The zero-order valence-corrected chi connectivity index (χ0v) is 22.4. The van der Waals surface area contributed by atoms with Gasteiger partial charge in [-0.25, -0.2) is 17.9 Å². The molecule has 2 aromatic rings. The summed E-state index contributed by atoms with van der Waals surface area (Å²) >= 11 is 0. The molecule has 0 aliphatic carbocycles. The number of hydrogen-bond acceptors (Lipinski definition) is 7. The predicted molar refractivity (Wildman–Crippen MR) is 137 cm³/mol. The van der Waals surface area contributed by atoms with Gasteiger partial charge < -0.3 is 20.3 Å². The molecule has 0 fully saturated rings. The van der Waals surface area contributed by atoms with E-state index in [0.29, 0.717) is 11.1 Å². The Morgan fingerprint density at radius 1 is 0.944 bits per heavy atom. The standard InChI is InChI=1S/C25H35N3O7S/c1-16(29)25(32,27-22(31)35-24(5,6)7)21(30)26-18-14-12-17(13-15-18)19-10-8-9-11-20(19)36(33,34)28-23(2,3)4/h8-16,28-29,32H,1-7H3,(H,26,30)(H,27,31). The number of anilines is 1. The lowest BCUT2D eigenvalue weighted by atomic mass is 10.0. The van der Waals surface area contributed by atoms with Crippen LogP contribution in [0.5, 0.6) is 0 Å². The van der Waals surface area contributed by atoms with E-state index in [1.54, 1.807) is 71.9 Å². The van der Waals surface area contributed by atoms with Gasteiger partial charge in [0.2, 0.25) is 15.7 Å². The first-order valence-corrected chi connectivity index (χ1v) is 12.8. The average Bonchev–Trinajstić information content (AvgIpc) is 2.71. The molecule has 2 unspecified atom stereocenters. The SMILES string of the molecule is CC(O)C(O)(NC(=O)OC(C)(C)C)C(=O)Nc1ccc(-c2ccccc2S(=O)(=O)NC(C)(C)C)cc1. The minimum Gasteiger partial charge on any atom is -0.444 e. The Hall–Kier alpha value is -2.99. The van der Waals surface area contributed by atoms with Crippen molar-refractivity contribution in [2.75, 3.05) is 5.32 Å². The number of nitrogens with one attached hydrogen (secondary N) is 3. The van der Waals surface area contributed by atoms with Crippen LogP contribution in [0.3, 0.4) is 0 Å². The van der Waals surface area contributed by atoms with Crippen molar-refractivity contribution in [3.05, 3.63) is 48.5 Å². The third-order valence-electron chi connectivity index (χ3n) is 4.71. The van der Waals surface area contributed by atoms with Crippen LogP contribution in [0.25, 0.3) is 11.1 Å². The van der Waals surface area contributed by atoms with Gasteiger partial charge in [-0.05, 0) is 72.2 Å². The van der Waals surface area contributed by atoms with E-state index in [-0.39, 0.29) is 10.6 Å². The minimum absolute atomic E-state index is 0.0988. The van der Waals surface area contributed by atoms with Crippen LogP contribution in [0.4, 0.5) is 10.5 Å². The molecule has 2 amide bonds. The normalized spacial score (nSPS) is 14.9. The lowest BCUT2D eigenvalue weighted by Crippen LogP contribution is -2.63. The fraction of sp³-hybridized carbons (Fsp3) is 0.440. The Balaban J connectivity index is 2.28. The van der Waals surface area contributed by atoms with Gasteiger partial charge in [0.25, 0.3) is 5.91 Å². The highest BCUT2D eigenvalue weighted by atomic mass is 32.2. The smallest absolute Gasteiger partial charge is 0.410 e. The number of carbonyl (C=O) groups is 2. The number of sulfonamides is 1. The maximum Gasteiger partial charge on any atom is 0.410 e. The van der Waals surface area contributed by atoms with Crippen LogP contribution in [0.1, 0.15) is 48.5 Å². The van der Waals surface area contributed by atoms with Gasteiger partial charge in [-0.2, -0.15) is 0 Å². The number of aliphatic hydroxyl groups is 2. The molecular weight excluding hydrogens is 486 g/mol. The molecule has 5 N–H and O–H groups in total. The van der Waals surface area contributed by atoms with Crippen LogP contribution in [0, 0.1) is 0 Å². The predicted octanol–water partition coefficient (Wildman–Crippen LogP) is 2.96. The fourth-order valence-electron chi connectivity index (χ4n) is 3.17. The molecule has 2 atom stereocenters. The van der Waals surface area contributed by atoms with Crippen molar-refractivity contribution < 1.29 is 33.0 Å². The minimum atomic E-state index is -3.81. The van der Waals surface area contributed by atoms with Gasteiger partial charge in [0.15, 0.2) is 0 Å². The lowest BCUT2D eigenvalue weighted by Gasteiger charge is -2.31. The largest absolute Gasteiger partial charge is 0.444 e. The number of amides is 2. The van der Waals surface area contributed by atoms with Crippen LogP contribution in [0.2, 0.25) is 0 Å². The topological polar surface area (TPSA) is 154 Å². The zero-order chi connectivity index (χ0) is 27.5. The Labute approximate surface area is 212 Å². The van der Waals surface area contributed by atoms with E-state index in [0.717, 1.165) is 6.92 Å². The second-order valence-corrected chi connectivity index (χ2v) is 12.1. The molecule has 2 rings (SSSR count). The number of rotatable bonds is 7. The van der Waals surface area contributed by atoms with Crippen molar-refractivity contribution in [1.82, 2.24) is 10.0 Å². The summed E-state index contributed by atoms with van der Waals surface area (Å²) in [4.78, 5) is 25.0. The van der Waals surface area contributed by atoms with Gasteiger partial charge in [-0.15, -0.1) is 0 Å². The molecule has 198 valence electrons. The molecule has 0 spiro atoms. The second kappa shape index (κ2) is 10.6. The number of ether oxygens (including phenoxy) is 1. The monoisotopic (exact) mass is 521 g/mol. The third-order valence-corrected chi connectivity index (χ3v) is 6.53. The van der Waals surface area contributed by atoms with Gasteiger partial charge in [0.1, 0.15) is 11.7 Å². The van der Waals surface area contributed by atoms with Gasteiger partial charge in [0.05, 0.1) is 4.90 Å². The molecule has 0 aromatic heterocycles. The summed E-state index contributed by atoms with van der Waals surface area (Å²) in [6, 6.07) is 12.7. The molecule has 36 heavy (non-hydrogen) atoms. The summed E-state index contributed by atoms with van der Waals surface area (Å²) < 4.78 is 33.6. The van der Waals surface area contributed by atoms with Gasteiger partial charge in [-0.3, -0.25) is 10.1 Å². The second-order valence-electron chi connectivity index (χ2n) is 10.5. The maximum atomic E-state index is 12.9. The summed E-state index contributed by atoms with van der Waals surface area (Å²) in [7, 11) is -3.81. The first-order valence-electron chi connectivity index (χ1n) is 11.3. The number of alkyl carbamates (subject to hydrolysis) is 1. The van der Waals surface area contributed by atoms with Crippen molar-refractivity contribution in [2.45, 2.75) is 76.3 Å². The van der Waals surface area contributed by atoms with Crippen LogP contribution in [0.15, 0.2) is 53.4 Å². The Morgan fingerprint density at radius 2 is 1.50 bits per heavy atom. The van der Waals surface area contributed by atoms with E-state index in [1.165, 1.54) is 18.2 Å². The maximum absolute atomic E-state index is 12.9. The van der Waals surface area contributed by atoms with Gasteiger partial charge >= 0.3 is 6.09 Å². The zero-order valence-electron chi connectivity index (χ0n) is 21.5. The molecule has 0 saturated heterocycles. The molecule has 11 heteroatoms. The number of hydrogen-bond donors (Lipinski definition) is 5. The van der Waals surface area contributed by atoms with Gasteiger partial charge in [0, 0.05) is 16.8 Å². The highest BCUT2D eigenvalue weighted by Crippen LogP contribution is 2.29. The van der Waals surface area contributed by atoms with Crippen LogP contribution in [-0.4, -0.2) is 53.6 Å². The van der Waals surface area contributed by atoms with Gasteiger partial charge in [-0.1, -0.05) is 30.3 Å². The molecule has 0 aliphatic rings. The molecule has 2 aromatic carbocycles. The van der Waals surface area contributed by atoms with Crippen molar-refractivity contribution in [1.29, 1.82) is 0 Å². The molecule has 0 aliphatic heterocycles. The van der Waals surface area contributed by atoms with Crippen molar-refractivity contribution in [2.24, 2.45) is 0 Å². The van der Waals surface area contributed by atoms with Crippen LogP contribution in [-0.2, 0) is 19.6 Å². The Morgan fingerprint density at radius 3 is 2.00 bits per heavy atom. The molecule has 0 bridgehead atoms. The first-order chi connectivity index (χ1) is 16.3. The Kier molecular flexibility index (Phi) is 8.57. The summed E-state index contributed by atoms with van der Waals surface area (Å²) in [5.41, 5.74) is -2.96. The summed E-state index contributed by atoms with van der Waals surface area (Å²) in [5.74, 6) is -1.09. The van der Waals surface area contributed by atoms with Crippen molar-refractivity contribution in [3.63, 3.8) is 0 Å². The molecule has 0 heterocycles. The number of carbonyl (C=O) groups excluding carboxylic acids is 2. The van der Waals surface area contributed by atoms with E-state index >= 15 is 0 Å². The summed E-state index contributed by atoms with van der Waals surface area (Å²) in [6.07, 6.45) is -2.75. The van der Waals surface area contributed by atoms with E-state index in [9.17, 15) is 28.2 Å². The van der Waals surface area contributed by atoms with Crippen molar-refractivity contribution in [3.8, 4) is 11.1 Å². The Bertz CT molecular complexity index is 1200. The molecular formula is C25H35N3O7S. The molecule has 10 nitrogen and oxygen atoms in total. The average molecular weight is 522 g/mol. The highest BCUT2D eigenvalue weighted by molar-refractivity contribution is 7.89. The van der Waals surface area contributed by atoms with E-state index in [2.05, 4.69) is 10.0 Å². The van der Waals surface area contributed by atoms with E-state index in [1.807, 2.05) is 5.32 Å². The first kappa shape index (κ1) is 29.2. The number of aliphatic hydroxyl groups excluding tert-OH is 1. The van der Waals surface area contributed by atoms with Crippen LogP contribution >= 0.6 is 0 Å².